The third-order valence-electron chi connectivity index (χ3n) is 3.69. The fourth-order valence-electron chi connectivity index (χ4n) is 2.46. The van der Waals surface area contributed by atoms with Crippen molar-refractivity contribution in [3.63, 3.8) is 0 Å². The summed E-state index contributed by atoms with van der Waals surface area (Å²) in [6, 6.07) is 7.26. The number of nitrogens with one attached hydrogen (secondary N) is 1. The average molecular weight is 334 g/mol. The molecule has 2 amide bonds. The van der Waals surface area contributed by atoms with Crippen LogP contribution in [0.2, 0.25) is 0 Å². The molecule has 0 radical (unpaired) electrons. The van der Waals surface area contributed by atoms with Crippen molar-refractivity contribution in [3.05, 3.63) is 24.3 Å². The molecule has 0 bridgehead atoms. The van der Waals surface area contributed by atoms with Crippen LogP contribution in [0.4, 0.5) is 5.69 Å². The maximum atomic E-state index is 11.7. The van der Waals surface area contributed by atoms with E-state index in [-0.39, 0.29) is 24.5 Å². The number of ether oxygens (including phenoxy) is 2. The Hall–Kier alpha value is -2.08. The van der Waals surface area contributed by atoms with Crippen LogP contribution in [0.25, 0.3) is 0 Å². The van der Waals surface area contributed by atoms with Gasteiger partial charge in [0.05, 0.1) is 6.10 Å². The minimum absolute atomic E-state index is 0.0208. The third-order valence-corrected chi connectivity index (χ3v) is 3.69. The number of rotatable bonds is 9. The normalized spacial score (nSPS) is 14.3. The van der Waals surface area contributed by atoms with Crippen molar-refractivity contribution >= 4 is 17.5 Å². The van der Waals surface area contributed by atoms with E-state index in [0.717, 1.165) is 25.1 Å². The molecule has 2 rings (SSSR count). The van der Waals surface area contributed by atoms with Gasteiger partial charge in [-0.05, 0) is 51.0 Å². The van der Waals surface area contributed by atoms with Crippen LogP contribution in [0.3, 0.4) is 0 Å². The zero-order valence-electron chi connectivity index (χ0n) is 14.4. The number of amides is 2. The van der Waals surface area contributed by atoms with Gasteiger partial charge in [0.25, 0.3) is 5.91 Å². The Bertz CT molecular complexity index is 542. The van der Waals surface area contributed by atoms with E-state index in [4.69, 9.17) is 9.47 Å². The van der Waals surface area contributed by atoms with Gasteiger partial charge in [0.1, 0.15) is 5.75 Å². The molecule has 1 aromatic rings. The Morgan fingerprint density at radius 2 is 2.04 bits per heavy atom. The molecule has 0 unspecified atom stereocenters. The van der Waals surface area contributed by atoms with Crippen LogP contribution in [-0.4, -0.2) is 44.2 Å². The van der Waals surface area contributed by atoms with E-state index in [1.54, 1.807) is 17.0 Å². The van der Waals surface area contributed by atoms with Crippen molar-refractivity contribution in [1.29, 1.82) is 0 Å². The number of carbonyl (C=O) groups excluding carboxylic acids is 2. The molecule has 0 saturated carbocycles. The highest BCUT2D eigenvalue weighted by atomic mass is 16.5. The van der Waals surface area contributed by atoms with Crippen LogP contribution in [0, 0.1) is 0 Å². The summed E-state index contributed by atoms with van der Waals surface area (Å²) in [6.45, 7) is 5.92. The van der Waals surface area contributed by atoms with Gasteiger partial charge in [-0.2, -0.15) is 0 Å². The lowest BCUT2D eigenvalue weighted by molar-refractivity contribution is -0.123. The van der Waals surface area contributed by atoms with Gasteiger partial charge < -0.3 is 19.7 Å². The van der Waals surface area contributed by atoms with E-state index in [2.05, 4.69) is 5.32 Å². The Balaban J connectivity index is 1.66. The number of hydrogen-bond donors (Lipinski definition) is 1. The molecule has 1 N–H and O–H groups in total. The summed E-state index contributed by atoms with van der Waals surface area (Å²) in [4.78, 5) is 25.2. The second-order valence-electron chi connectivity index (χ2n) is 6.05. The number of carbonyl (C=O) groups is 2. The van der Waals surface area contributed by atoms with Crippen molar-refractivity contribution in [3.8, 4) is 5.75 Å². The molecular weight excluding hydrogens is 308 g/mol. The van der Waals surface area contributed by atoms with E-state index < -0.39 is 0 Å². The van der Waals surface area contributed by atoms with Gasteiger partial charge in [0.15, 0.2) is 6.61 Å². The van der Waals surface area contributed by atoms with E-state index in [1.165, 1.54) is 0 Å². The van der Waals surface area contributed by atoms with Gasteiger partial charge in [0, 0.05) is 31.8 Å². The minimum atomic E-state index is -0.154. The summed E-state index contributed by atoms with van der Waals surface area (Å²) in [7, 11) is 0. The zero-order chi connectivity index (χ0) is 17.4. The lowest BCUT2D eigenvalue weighted by Crippen LogP contribution is -2.30. The van der Waals surface area contributed by atoms with Crippen LogP contribution in [-0.2, 0) is 14.3 Å². The molecule has 0 spiro atoms. The summed E-state index contributed by atoms with van der Waals surface area (Å²) in [5.74, 6) is 0.617. The van der Waals surface area contributed by atoms with Crippen molar-refractivity contribution in [1.82, 2.24) is 5.32 Å². The fraction of sp³-hybridized carbons (Fsp3) is 0.556. The second-order valence-corrected chi connectivity index (χ2v) is 6.05. The Morgan fingerprint density at radius 1 is 1.29 bits per heavy atom. The van der Waals surface area contributed by atoms with Crippen LogP contribution < -0.4 is 15.0 Å². The van der Waals surface area contributed by atoms with Crippen molar-refractivity contribution < 1.29 is 19.1 Å². The molecule has 0 atom stereocenters. The minimum Gasteiger partial charge on any atom is -0.484 e. The van der Waals surface area contributed by atoms with Gasteiger partial charge in [-0.1, -0.05) is 0 Å². The quantitative estimate of drug-likeness (QED) is 0.703. The molecule has 24 heavy (non-hydrogen) atoms. The fourth-order valence-corrected chi connectivity index (χ4v) is 2.46. The van der Waals surface area contributed by atoms with E-state index in [1.807, 2.05) is 26.0 Å². The molecule has 6 nitrogen and oxygen atoms in total. The molecule has 0 aromatic heterocycles. The van der Waals surface area contributed by atoms with Crippen molar-refractivity contribution in [2.75, 3.05) is 31.2 Å². The highest BCUT2D eigenvalue weighted by molar-refractivity contribution is 5.95. The molecule has 1 aliphatic rings. The predicted octanol–water partition coefficient (Wildman–Crippen LogP) is 2.12. The molecular formula is C18H26N2O4. The SMILES string of the molecule is CC(C)OCCCNC(=O)COc1ccc(N2CCCC2=O)cc1. The summed E-state index contributed by atoms with van der Waals surface area (Å²) in [6.07, 6.45) is 2.51. The monoisotopic (exact) mass is 334 g/mol. The first-order chi connectivity index (χ1) is 11.6. The zero-order valence-corrected chi connectivity index (χ0v) is 14.4. The molecule has 0 aliphatic carbocycles. The average Bonchev–Trinajstić information content (AvgIpc) is 2.99. The van der Waals surface area contributed by atoms with Crippen LogP contribution >= 0.6 is 0 Å². The summed E-state index contributed by atoms with van der Waals surface area (Å²) >= 11 is 0. The molecule has 1 fully saturated rings. The van der Waals surface area contributed by atoms with Gasteiger partial charge in [-0.15, -0.1) is 0 Å². The first-order valence-electron chi connectivity index (χ1n) is 8.48. The topological polar surface area (TPSA) is 67.9 Å². The van der Waals surface area contributed by atoms with Crippen molar-refractivity contribution in [2.24, 2.45) is 0 Å². The number of hydrogen-bond acceptors (Lipinski definition) is 4. The molecule has 132 valence electrons. The molecule has 1 heterocycles. The predicted molar refractivity (Wildman–Crippen MR) is 92.2 cm³/mol. The lowest BCUT2D eigenvalue weighted by atomic mass is 10.3. The molecule has 6 heteroatoms. The van der Waals surface area contributed by atoms with Crippen molar-refractivity contribution in [2.45, 2.75) is 39.2 Å². The Morgan fingerprint density at radius 3 is 2.67 bits per heavy atom. The Kier molecular flexibility index (Phi) is 7.06. The lowest BCUT2D eigenvalue weighted by Gasteiger charge is -2.16. The maximum Gasteiger partial charge on any atom is 0.257 e. The third kappa shape index (κ3) is 5.85. The van der Waals surface area contributed by atoms with Gasteiger partial charge >= 0.3 is 0 Å². The van der Waals surface area contributed by atoms with E-state index >= 15 is 0 Å². The summed E-state index contributed by atoms with van der Waals surface area (Å²) in [5.41, 5.74) is 0.874. The number of benzene rings is 1. The van der Waals surface area contributed by atoms with E-state index in [0.29, 0.717) is 25.3 Å². The van der Waals surface area contributed by atoms with E-state index in [9.17, 15) is 9.59 Å². The summed E-state index contributed by atoms with van der Waals surface area (Å²) < 4.78 is 10.9. The number of nitrogens with zero attached hydrogens (tertiary/aromatic N) is 1. The maximum absolute atomic E-state index is 11.7. The smallest absolute Gasteiger partial charge is 0.257 e. The standard InChI is InChI=1S/C18H26N2O4/c1-14(2)23-12-4-10-19-17(21)13-24-16-8-6-15(7-9-16)20-11-3-5-18(20)22/h6-9,14H,3-5,10-13H2,1-2H3,(H,19,21). The van der Waals surface area contributed by atoms with Crippen LogP contribution in [0.1, 0.15) is 33.1 Å². The van der Waals surface area contributed by atoms with Gasteiger partial charge in [-0.3, -0.25) is 9.59 Å². The van der Waals surface area contributed by atoms with Crippen LogP contribution in [0.5, 0.6) is 5.75 Å². The highest BCUT2D eigenvalue weighted by Crippen LogP contribution is 2.23. The summed E-state index contributed by atoms with van der Waals surface area (Å²) in [5, 5.41) is 2.79. The number of anilines is 1. The first kappa shape index (κ1) is 18.3. The molecule has 1 aliphatic heterocycles. The first-order valence-corrected chi connectivity index (χ1v) is 8.48. The second kappa shape index (κ2) is 9.27. The van der Waals surface area contributed by atoms with Gasteiger partial charge in [-0.25, -0.2) is 0 Å². The molecule has 1 saturated heterocycles. The van der Waals surface area contributed by atoms with Gasteiger partial charge in [0.2, 0.25) is 5.91 Å². The highest BCUT2D eigenvalue weighted by Gasteiger charge is 2.21. The Labute approximate surface area is 143 Å². The van der Waals surface area contributed by atoms with Crippen LogP contribution in [0.15, 0.2) is 24.3 Å². The largest absolute Gasteiger partial charge is 0.484 e. The molecule has 1 aromatic carbocycles.